The summed E-state index contributed by atoms with van der Waals surface area (Å²) in [7, 11) is 1.48. The van der Waals surface area contributed by atoms with E-state index in [4.69, 9.17) is 32.7 Å². The highest BCUT2D eigenvalue weighted by Crippen LogP contribution is 2.47. The number of ether oxygens (including phenoxy) is 2. The van der Waals surface area contributed by atoms with E-state index < -0.39 is 0 Å². The van der Waals surface area contributed by atoms with Gasteiger partial charge in [-0.3, -0.25) is 9.69 Å². The molecule has 0 saturated heterocycles. The van der Waals surface area contributed by atoms with Crippen molar-refractivity contribution in [3.63, 3.8) is 0 Å². The smallest absolute Gasteiger partial charge is 0.258 e. The average molecular weight is 365 g/mol. The highest BCUT2D eigenvalue weighted by molar-refractivity contribution is 6.37. The zero-order valence-corrected chi connectivity index (χ0v) is 14.4. The topological polar surface area (TPSA) is 51.7 Å². The number of benzene rings is 1. The maximum Gasteiger partial charge on any atom is 0.258 e. The second-order valence-electron chi connectivity index (χ2n) is 5.98. The van der Waals surface area contributed by atoms with Crippen molar-refractivity contribution in [3.05, 3.63) is 46.1 Å². The van der Waals surface area contributed by atoms with E-state index in [9.17, 15) is 4.79 Å². The van der Waals surface area contributed by atoms with Gasteiger partial charge in [-0.25, -0.2) is 4.98 Å². The quantitative estimate of drug-likeness (QED) is 0.808. The highest BCUT2D eigenvalue weighted by Gasteiger charge is 2.51. The lowest BCUT2D eigenvalue weighted by molar-refractivity contribution is 0.0938. The summed E-state index contributed by atoms with van der Waals surface area (Å²) in [5, 5.41) is 0.600. The summed E-state index contributed by atoms with van der Waals surface area (Å²) in [6.45, 7) is 0.492. The molecule has 0 N–H and O–H groups in total. The molecule has 1 fully saturated rings. The summed E-state index contributed by atoms with van der Waals surface area (Å²) < 4.78 is 11.1. The fourth-order valence-corrected chi connectivity index (χ4v) is 3.53. The average Bonchev–Trinajstić information content (AvgIpc) is 3.31. The van der Waals surface area contributed by atoms with Gasteiger partial charge >= 0.3 is 0 Å². The largest absolute Gasteiger partial charge is 0.494 e. The summed E-state index contributed by atoms with van der Waals surface area (Å²) in [4.78, 5) is 19.0. The van der Waals surface area contributed by atoms with Crippen molar-refractivity contribution in [2.24, 2.45) is 0 Å². The van der Waals surface area contributed by atoms with E-state index >= 15 is 0 Å². The minimum absolute atomic E-state index is 0.190. The monoisotopic (exact) mass is 364 g/mol. The number of methoxy groups -OCH3 is 1. The van der Waals surface area contributed by atoms with E-state index in [-0.39, 0.29) is 11.5 Å². The summed E-state index contributed by atoms with van der Waals surface area (Å²) >= 11 is 12.3. The predicted molar refractivity (Wildman–Crippen MR) is 91.5 cm³/mol. The normalized spacial score (nSPS) is 17.2. The molecule has 4 rings (SSSR count). The number of rotatable bonds is 2. The number of hydrogen-bond donors (Lipinski definition) is 0. The molecule has 0 atom stereocenters. The van der Waals surface area contributed by atoms with Crippen LogP contribution in [0.4, 0.5) is 5.69 Å². The van der Waals surface area contributed by atoms with Gasteiger partial charge in [0.2, 0.25) is 5.88 Å². The van der Waals surface area contributed by atoms with Gasteiger partial charge < -0.3 is 9.47 Å². The van der Waals surface area contributed by atoms with Gasteiger partial charge in [-0.05, 0) is 37.1 Å². The van der Waals surface area contributed by atoms with Crippen molar-refractivity contribution in [2.75, 3.05) is 18.6 Å². The first-order valence-electron chi connectivity index (χ1n) is 7.52. The number of amides is 1. The van der Waals surface area contributed by atoms with Gasteiger partial charge in [0.1, 0.15) is 11.3 Å². The predicted octanol–water partition coefficient (Wildman–Crippen LogP) is 3.97. The number of fused-ring (bicyclic) bond motifs is 1. The molecule has 1 aliphatic heterocycles. The molecule has 1 saturated carbocycles. The number of nitrogens with zero attached hydrogens (tertiary/aromatic N) is 2. The molecule has 24 heavy (non-hydrogen) atoms. The highest BCUT2D eigenvalue weighted by atomic mass is 35.5. The van der Waals surface area contributed by atoms with Gasteiger partial charge in [-0.15, -0.1) is 0 Å². The molecule has 0 radical (unpaired) electrons. The molecule has 1 aliphatic carbocycles. The SMILES string of the molecule is COc1c(Cl)cc(C(=O)N2CC3(CC3)Oc3ncccc32)cc1Cl. The second kappa shape index (κ2) is 5.53. The summed E-state index contributed by atoms with van der Waals surface area (Å²) in [5.41, 5.74) is 0.748. The van der Waals surface area contributed by atoms with Crippen LogP contribution in [0.25, 0.3) is 0 Å². The minimum Gasteiger partial charge on any atom is -0.494 e. The standard InChI is InChI=1S/C17H14Cl2N2O3/c1-23-14-11(18)7-10(8-12(14)19)16(22)21-9-17(4-5-17)24-15-13(21)3-2-6-20-15/h2-3,6-8H,4-5,9H2,1H3. The van der Waals surface area contributed by atoms with E-state index in [0.717, 1.165) is 12.8 Å². The Labute approximate surface area is 149 Å². The molecule has 5 nitrogen and oxygen atoms in total. The Bertz CT molecular complexity index is 813. The van der Waals surface area contributed by atoms with Gasteiger partial charge in [0.25, 0.3) is 5.91 Å². The fourth-order valence-electron chi connectivity index (χ4n) is 2.89. The van der Waals surface area contributed by atoms with Crippen molar-refractivity contribution in [2.45, 2.75) is 18.4 Å². The van der Waals surface area contributed by atoms with Crippen LogP contribution >= 0.6 is 23.2 Å². The molecular weight excluding hydrogens is 351 g/mol. The number of hydrogen-bond acceptors (Lipinski definition) is 4. The Morgan fingerprint density at radius 3 is 2.67 bits per heavy atom. The second-order valence-corrected chi connectivity index (χ2v) is 6.79. The summed E-state index contributed by atoms with van der Waals surface area (Å²) in [6, 6.07) is 6.74. The van der Waals surface area contributed by atoms with Gasteiger partial charge in [-0.2, -0.15) is 0 Å². The molecule has 1 aromatic heterocycles. The number of carbonyl (C=O) groups excluding carboxylic acids is 1. The lowest BCUT2D eigenvalue weighted by atomic mass is 10.1. The minimum atomic E-state index is -0.308. The van der Waals surface area contributed by atoms with E-state index in [2.05, 4.69) is 4.98 Å². The van der Waals surface area contributed by atoms with Gasteiger partial charge in [0, 0.05) is 11.8 Å². The maximum atomic E-state index is 13.1. The molecule has 7 heteroatoms. The molecule has 1 spiro atoms. The van der Waals surface area contributed by atoms with Gasteiger partial charge in [0.05, 0.1) is 23.7 Å². The molecule has 2 aromatic rings. The van der Waals surface area contributed by atoms with Crippen LogP contribution in [0.2, 0.25) is 10.0 Å². The molecule has 124 valence electrons. The van der Waals surface area contributed by atoms with Crippen molar-refractivity contribution >= 4 is 34.8 Å². The van der Waals surface area contributed by atoms with Crippen LogP contribution in [0, 0.1) is 0 Å². The summed E-state index contributed by atoms with van der Waals surface area (Å²) in [5.74, 6) is 0.656. The van der Waals surface area contributed by atoms with Gasteiger partial charge in [0.15, 0.2) is 5.75 Å². The van der Waals surface area contributed by atoms with Crippen LogP contribution in [0.5, 0.6) is 11.6 Å². The Morgan fingerprint density at radius 1 is 1.33 bits per heavy atom. The Kier molecular flexibility index (Phi) is 3.58. The molecule has 0 unspecified atom stereocenters. The van der Waals surface area contributed by atoms with Crippen molar-refractivity contribution in [1.82, 2.24) is 4.98 Å². The van der Waals surface area contributed by atoms with Crippen LogP contribution in [-0.4, -0.2) is 30.1 Å². The molecule has 1 aromatic carbocycles. The van der Waals surface area contributed by atoms with Crippen LogP contribution in [0.15, 0.2) is 30.5 Å². The molecule has 2 aliphatic rings. The van der Waals surface area contributed by atoms with Crippen molar-refractivity contribution < 1.29 is 14.3 Å². The third kappa shape index (κ3) is 2.48. The zero-order chi connectivity index (χ0) is 16.9. The zero-order valence-electron chi connectivity index (χ0n) is 12.9. The van der Waals surface area contributed by atoms with Crippen molar-refractivity contribution in [3.8, 4) is 11.6 Å². The van der Waals surface area contributed by atoms with Gasteiger partial charge in [-0.1, -0.05) is 23.2 Å². The van der Waals surface area contributed by atoms with Crippen LogP contribution < -0.4 is 14.4 Å². The van der Waals surface area contributed by atoms with E-state index in [0.29, 0.717) is 39.5 Å². The number of halogens is 2. The first-order valence-corrected chi connectivity index (χ1v) is 8.27. The van der Waals surface area contributed by atoms with E-state index in [1.165, 1.54) is 7.11 Å². The molecule has 1 amide bonds. The number of aromatic nitrogens is 1. The first-order chi connectivity index (χ1) is 11.5. The molecular formula is C17H14Cl2N2O3. The van der Waals surface area contributed by atoms with E-state index in [1.54, 1.807) is 29.3 Å². The van der Waals surface area contributed by atoms with Crippen LogP contribution in [0.3, 0.4) is 0 Å². The fraction of sp³-hybridized carbons (Fsp3) is 0.294. The Morgan fingerprint density at radius 2 is 2.04 bits per heavy atom. The first kappa shape index (κ1) is 15.5. The number of anilines is 1. The Hall–Kier alpha value is -1.98. The molecule has 2 heterocycles. The third-order valence-corrected chi connectivity index (χ3v) is 4.87. The number of carbonyl (C=O) groups is 1. The van der Waals surface area contributed by atoms with Crippen LogP contribution in [0.1, 0.15) is 23.2 Å². The summed E-state index contributed by atoms with van der Waals surface area (Å²) in [6.07, 6.45) is 3.48. The lowest BCUT2D eigenvalue weighted by Gasteiger charge is -2.34. The van der Waals surface area contributed by atoms with E-state index in [1.807, 2.05) is 6.07 Å². The number of pyridine rings is 1. The third-order valence-electron chi connectivity index (χ3n) is 4.30. The molecule has 0 bridgehead atoms. The Balaban J connectivity index is 1.75. The maximum absolute atomic E-state index is 13.1. The lowest BCUT2D eigenvalue weighted by Crippen LogP contribution is -2.45. The van der Waals surface area contributed by atoms with Crippen molar-refractivity contribution in [1.29, 1.82) is 0 Å². The van der Waals surface area contributed by atoms with Crippen LogP contribution in [-0.2, 0) is 0 Å².